The summed E-state index contributed by atoms with van der Waals surface area (Å²) in [5.41, 5.74) is 1.80. The van der Waals surface area contributed by atoms with Gasteiger partial charge in [-0.15, -0.1) is 0 Å². The van der Waals surface area contributed by atoms with Crippen LogP contribution in [0.15, 0.2) is 54.6 Å². The molecular weight excluding hydrogens is 354 g/mol. The Kier molecular flexibility index (Phi) is 8.24. The predicted octanol–water partition coefficient (Wildman–Crippen LogP) is 3.03. The average molecular weight is 381 g/mol. The maximum Gasteiger partial charge on any atom is 0.253 e. The second-order valence-corrected chi connectivity index (χ2v) is 6.55. The average Bonchev–Trinajstić information content (AvgIpc) is 2.70. The monoisotopic (exact) mass is 381 g/mol. The van der Waals surface area contributed by atoms with Gasteiger partial charge in [-0.2, -0.15) is 0 Å². The number of amides is 2. The van der Waals surface area contributed by atoms with Gasteiger partial charge in [-0.25, -0.2) is 0 Å². The van der Waals surface area contributed by atoms with Crippen LogP contribution in [-0.2, 0) is 4.79 Å². The zero-order valence-electron chi connectivity index (χ0n) is 16.6. The third kappa shape index (κ3) is 6.89. The van der Waals surface area contributed by atoms with Crippen LogP contribution in [0.2, 0.25) is 0 Å². The van der Waals surface area contributed by atoms with Crippen molar-refractivity contribution in [1.82, 2.24) is 10.2 Å². The highest BCUT2D eigenvalue weighted by Crippen LogP contribution is 2.16. The molecular formula is C22H27N3O3. The van der Waals surface area contributed by atoms with Gasteiger partial charge in [-0.1, -0.05) is 24.3 Å². The van der Waals surface area contributed by atoms with Gasteiger partial charge in [0, 0.05) is 12.6 Å². The van der Waals surface area contributed by atoms with Crippen LogP contribution < -0.4 is 15.4 Å². The van der Waals surface area contributed by atoms with Crippen molar-refractivity contribution in [2.75, 3.05) is 39.6 Å². The molecule has 0 aliphatic rings. The Morgan fingerprint density at radius 3 is 2.46 bits per heavy atom. The standard InChI is InChI=1S/C22H27N3O3/c1-25(2)16-6-15-23-22(27)19-7-4-5-8-20(19)24-21(26)14-11-17-9-12-18(28-3)13-10-17/h4-5,7-14H,6,15-16H2,1-3H3,(H,23,27)(H,24,26)/b14-11+. The molecule has 2 amide bonds. The van der Waals surface area contributed by atoms with Gasteiger partial charge in [-0.05, 0) is 63.0 Å². The summed E-state index contributed by atoms with van der Waals surface area (Å²) in [6.07, 6.45) is 4.00. The molecule has 2 aromatic rings. The highest BCUT2D eigenvalue weighted by Gasteiger charge is 2.11. The summed E-state index contributed by atoms with van der Waals surface area (Å²) in [5.74, 6) is 0.254. The molecule has 0 spiro atoms. The SMILES string of the molecule is COc1ccc(/C=C/C(=O)Nc2ccccc2C(=O)NCCCN(C)C)cc1. The fourth-order valence-electron chi connectivity index (χ4n) is 2.54. The lowest BCUT2D eigenvalue weighted by molar-refractivity contribution is -0.111. The molecule has 28 heavy (non-hydrogen) atoms. The van der Waals surface area contributed by atoms with E-state index in [9.17, 15) is 9.59 Å². The number of carbonyl (C=O) groups excluding carboxylic acids is 2. The van der Waals surface area contributed by atoms with Crippen molar-refractivity contribution in [3.63, 3.8) is 0 Å². The number of para-hydroxylation sites is 1. The van der Waals surface area contributed by atoms with Gasteiger partial charge in [0.1, 0.15) is 5.75 Å². The van der Waals surface area contributed by atoms with Crippen molar-refractivity contribution in [3.8, 4) is 5.75 Å². The first kappa shape index (κ1) is 21.2. The molecule has 0 saturated carbocycles. The molecule has 0 atom stereocenters. The molecule has 0 aliphatic carbocycles. The Bertz CT molecular complexity index is 814. The quantitative estimate of drug-likeness (QED) is 0.517. The van der Waals surface area contributed by atoms with Crippen LogP contribution in [0.5, 0.6) is 5.75 Å². The summed E-state index contributed by atoms with van der Waals surface area (Å²) in [7, 11) is 5.59. The Labute approximate surface area is 166 Å². The zero-order valence-corrected chi connectivity index (χ0v) is 16.6. The highest BCUT2D eigenvalue weighted by molar-refractivity contribution is 6.07. The van der Waals surface area contributed by atoms with Crippen LogP contribution in [0.4, 0.5) is 5.69 Å². The number of hydrogen-bond acceptors (Lipinski definition) is 4. The third-order valence-corrected chi connectivity index (χ3v) is 4.04. The van der Waals surface area contributed by atoms with E-state index in [0.29, 0.717) is 17.8 Å². The predicted molar refractivity (Wildman–Crippen MR) is 113 cm³/mol. The van der Waals surface area contributed by atoms with Crippen molar-refractivity contribution >= 4 is 23.6 Å². The van der Waals surface area contributed by atoms with Crippen molar-refractivity contribution in [1.29, 1.82) is 0 Å². The van der Waals surface area contributed by atoms with E-state index in [-0.39, 0.29) is 11.8 Å². The second-order valence-electron chi connectivity index (χ2n) is 6.55. The number of anilines is 1. The van der Waals surface area contributed by atoms with Crippen LogP contribution in [0.25, 0.3) is 6.08 Å². The molecule has 0 saturated heterocycles. The number of nitrogens with one attached hydrogen (secondary N) is 2. The van der Waals surface area contributed by atoms with E-state index in [1.807, 2.05) is 38.4 Å². The molecule has 0 fully saturated rings. The molecule has 2 aromatic carbocycles. The lowest BCUT2D eigenvalue weighted by atomic mass is 10.1. The molecule has 148 valence electrons. The molecule has 0 radical (unpaired) electrons. The number of ether oxygens (including phenoxy) is 1. The smallest absolute Gasteiger partial charge is 0.253 e. The number of methoxy groups -OCH3 is 1. The number of rotatable bonds is 9. The van der Waals surface area contributed by atoms with Gasteiger partial charge in [-0.3, -0.25) is 9.59 Å². The van der Waals surface area contributed by atoms with E-state index < -0.39 is 0 Å². The van der Waals surface area contributed by atoms with Gasteiger partial charge in [0.05, 0.1) is 18.4 Å². The summed E-state index contributed by atoms with van der Waals surface area (Å²) in [5, 5.41) is 5.66. The lowest BCUT2D eigenvalue weighted by Gasteiger charge is -2.12. The molecule has 0 aliphatic heterocycles. The molecule has 0 bridgehead atoms. The summed E-state index contributed by atoms with van der Waals surface area (Å²) >= 11 is 0. The van der Waals surface area contributed by atoms with Gasteiger partial charge >= 0.3 is 0 Å². The fraction of sp³-hybridized carbons (Fsp3) is 0.273. The van der Waals surface area contributed by atoms with E-state index in [1.54, 1.807) is 37.5 Å². The van der Waals surface area contributed by atoms with Gasteiger partial charge in [0.25, 0.3) is 5.91 Å². The van der Waals surface area contributed by atoms with Crippen molar-refractivity contribution < 1.29 is 14.3 Å². The largest absolute Gasteiger partial charge is 0.497 e. The number of benzene rings is 2. The number of nitrogens with zero attached hydrogens (tertiary/aromatic N) is 1. The van der Waals surface area contributed by atoms with E-state index >= 15 is 0 Å². The maximum absolute atomic E-state index is 12.4. The summed E-state index contributed by atoms with van der Waals surface area (Å²) in [6.45, 7) is 1.48. The first-order valence-corrected chi connectivity index (χ1v) is 9.14. The van der Waals surface area contributed by atoms with Gasteiger partial charge < -0.3 is 20.3 Å². The van der Waals surface area contributed by atoms with Gasteiger partial charge in [0.2, 0.25) is 5.91 Å². The minimum atomic E-state index is -0.302. The van der Waals surface area contributed by atoms with Crippen LogP contribution in [-0.4, -0.2) is 51.0 Å². The topological polar surface area (TPSA) is 70.7 Å². The lowest BCUT2D eigenvalue weighted by Crippen LogP contribution is -2.28. The highest BCUT2D eigenvalue weighted by atomic mass is 16.5. The van der Waals surface area contributed by atoms with Crippen molar-refractivity contribution in [2.24, 2.45) is 0 Å². The summed E-state index contributed by atoms with van der Waals surface area (Å²) in [6, 6.07) is 14.3. The number of hydrogen-bond donors (Lipinski definition) is 2. The van der Waals surface area contributed by atoms with E-state index in [0.717, 1.165) is 24.3 Å². The molecule has 6 nitrogen and oxygen atoms in total. The molecule has 2 N–H and O–H groups in total. The first-order chi connectivity index (χ1) is 13.5. The minimum Gasteiger partial charge on any atom is -0.497 e. The summed E-state index contributed by atoms with van der Waals surface area (Å²) < 4.78 is 5.11. The van der Waals surface area contributed by atoms with E-state index in [2.05, 4.69) is 15.5 Å². The second kappa shape index (κ2) is 10.9. The zero-order chi connectivity index (χ0) is 20.4. The van der Waals surface area contributed by atoms with Crippen molar-refractivity contribution in [2.45, 2.75) is 6.42 Å². The Hall–Kier alpha value is -3.12. The molecule has 2 rings (SSSR count). The van der Waals surface area contributed by atoms with E-state index in [4.69, 9.17) is 4.74 Å². The molecule has 0 aromatic heterocycles. The van der Waals surface area contributed by atoms with Crippen LogP contribution in [0, 0.1) is 0 Å². The molecule has 6 heteroatoms. The van der Waals surface area contributed by atoms with Crippen molar-refractivity contribution in [3.05, 3.63) is 65.7 Å². The van der Waals surface area contributed by atoms with Crippen LogP contribution in [0.3, 0.4) is 0 Å². The Morgan fingerprint density at radius 2 is 1.79 bits per heavy atom. The first-order valence-electron chi connectivity index (χ1n) is 9.14. The van der Waals surface area contributed by atoms with E-state index in [1.165, 1.54) is 6.08 Å². The number of carbonyl (C=O) groups is 2. The van der Waals surface area contributed by atoms with Crippen LogP contribution >= 0.6 is 0 Å². The third-order valence-electron chi connectivity index (χ3n) is 4.04. The van der Waals surface area contributed by atoms with Crippen LogP contribution in [0.1, 0.15) is 22.3 Å². The fourth-order valence-corrected chi connectivity index (χ4v) is 2.54. The molecule has 0 heterocycles. The summed E-state index contributed by atoms with van der Waals surface area (Å²) in [4.78, 5) is 26.7. The van der Waals surface area contributed by atoms with Gasteiger partial charge in [0.15, 0.2) is 0 Å². The Morgan fingerprint density at radius 1 is 1.07 bits per heavy atom. The Balaban J connectivity index is 1.96. The molecule has 0 unspecified atom stereocenters. The maximum atomic E-state index is 12.4. The minimum absolute atomic E-state index is 0.200. The normalized spacial score (nSPS) is 10.9.